The van der Waals surface area contributed by atoms with Crippen LogP contribution in [0.15, 0.2) is 33.5 Å². The summed E-state index contributed by atoms with van der Waals surface area (Å²) in [5.74, 6) is -0.828. The zero-order chi connectivity index (χ0) is 14.9. The number of aryl methyl sites for hydroxylation is 1. The van der Waals surface area contributed by atoms with E-state index >= 15 is 0 Å². The van der Waals surface area contributed by atoms with Crippen molar-refractivity contribution in [2.45, 2.75) is 26.9 Å². The van der Waals surface area contributed by atoms with Crippen LogP contribution in [0.5, 0.6) is 5.75 Å². The summed E-state index contributed by atoms with van der Waals surface area (Å²) >= 11 is 0. The zero-order valence-corrected chi connectivity index (χ0v) is 11.5. The largest absolute Gasteiger partial charge is 0.478 e. The molecule has 0 bridgehead atoms. The van der Waals surface area contributed by atoms with Crippen molar-refractivity contribution in [3.8, 4) is 5.75 Å². The van der Waals surface area contributed by atoms with Gasteiger partial charge in [-0.1, -0.05) is 13.8 Å². The molecule has 5 nitrogen and oxygen atoms in total. The molecule has 1 aromatic carbocycles. The Morgan fingerprint density at radius 1 is 1.30 bits per heavy atom. The number of hydrogen-bond acceptors (Lipinski definition) is 4. The Hall–Kier alpha value is -2.30. The highest BCUT2D eigenvalue weighted by Gasteiger charge is 2.23. The highest BCUT2D eigenvalue weighted by molar-refractivity contribution is 5.81. The summed E-state index contributed by atoms with van der Waals surface area (Å²) in [6, 6.07) is 6.38. The van der Waals surface area contributed by atoms with E-state index in [2.05, 4.69) is 0 Å². The lowest BCUT2D eigenvalue weighted by molar-refractivity contribution is -0.147. The molecule has 106 valence electrons. The fourth-order valence-electron chi connectivity index (χ4n) is 2.00. The van der Waals surface area contributed by atoms with Gasteiger partial charge in [0.05, 0.1) is 0 Å². The maximum absolute atomic E-state index is 11.4. The Bertz CT molecular complexity index is 699. The number of rotatable bonds is 4. The Balaban J connectivity index is 2.41. The number of carboxylic acid groups (broad SMARTS) is 1. The summed E-state index contributed by atoms with van der Waals surface area (Å²) in [7, 11) is 0. The third kappa shape index (κ3) is 2.82. The molecule has 1 aromatic heterocycles. The van der Waals surface area contributed by atoms with Gasteiger partial charge in [0.25, 0.3) is 0 Å². The molecule has 0 aliphatic heterocycles. The average molecular weight is 276 g/mol. The topological polar surface area (TPSA) is 76.7 Å². The third-order valence-electron chi connectivity index (χ3n) is 3.03. The van der Waals surface area contributed by atoms with Crippen LogP contribution in [0.1, 0.15) is 19.4 Å². The molecule has 5 heteroatoms. The van der Waals surface area contributed by atoms with E-state index in [4.69, 9.17) is 14.3 Å². The normalized spacial score (nSPS) is 12.6. The first-order valence-electron chi connectivity index (χ1n) is 6.32. The second-order valence-electron chi connectivity index (χ2n) is 5.03. The maximum atomic E-state index is 11.4. The summed E-state index contributed by atoms with van der Waals surface area (Å²) in [6.45, 7) is 5.35. The molecule has 2 rings (SSSR count). The van der Waals surface area contributed by atoms with E-state index in [0.717, 1.165) is 10.9 Å². The molecule has 0 saturated carbocycles. The van der Waals surface area contributed by atoms with Gasteiger partial charge in [-0.15, -0.1) is 0 Å². The van der Waals surface area contributed by atoms with Crippen molar-refractivity contribution >= 4 is 16.9 Å². The number of hydrogen-bond donors (Lipinski definition) is 1. The average Bonchev–Trinajstić information content (AvgIpc) is 2.34. The van der Waals surface area contributed by atoms with Crippen molar-refractivity contribution in [3.63, 3.8) is 0 Å². The second-order valence-corrected chi connectivity index (χ2v) is 5.03. The highest BCUT2D eigenvalue weighted by Crippen LogP contribution is 2.24. The fraction of sp³-hybridized carbons (Fsp3) is 0.333. The van der Waals surface area contributed by atoms with E-state index in [-0.39, 0.29) is 5.92 Å². The molecule has 1 heterocycles. The van der Waals surface area contributed by atoms with Gasteiger partial charge in [-0.2, -0.15) is 0 Å². The summed E-state index contributed by atoms with van der Waals surface area (Å²) in [5, 5.41) is 9.91. The molecule has 20 heavy (non-hydrogen) atoms. The van der Waals surface area contributed by atoms with Gasteiger partial charge in [0.15, 0.2) is 6.10 Å². The van der Waals surface area contributed by atoms with Gasteiger partial charge >= 0.3 is 11.6 Å². The molecule has 1 N–H and O–H groups in total. The number of carbonyl (C=O) groups is 1. The predicted octanol–water partition coefficient (Wildman–Crippen LogP) is 2.59. The summed E-state index contributed by atoms with van der Waals surface area (Å²) in [6.07, 6.45) is -0.941. The lowest BCUT2D eigenvalue weighted by atomic mass is 10.1. The van der Waals surface area contributed by atoms with Crippen molar-refractivity contribution in [3.05, 3.63) is 40.2 Å². The quantitative estimate of drug-likeness (QED) is 0.868. The minimum Gasteiger partial charge on any atom is -0.478 e. The van der Waals surface area contributed by atoms with E-state index in [1.165, 1.54) is 6.07 Å². The van der Waals surface area contributed by atoms with E-state index in [0.29, 0.717) is 11.3 Å². The van der Waals surface area contributed by atoms with Crippen molar-refractivity contribution < 1.29 is 19.1 Å². The monoisotopic (exact) mass is 276 g/mol. The lowest BCUT2D eigenvalue weighted by Crippen LogP contribution is -2.32. The smallest absolute Gasteiger partial charge is 0.345 e. The van der Waals surface area contributed by atoms with Crippen LogP contribution in [0.25, 0.3) is 11.0 Å². The predicted molar refractivity (Wildman–Crippen MR) is 74.1 cm³/mol. The Labute approximate surface area is 115 Å². The van der Waals surface area contributed by atoms with E-state index in [1.807, 2.05) is 6.92 Å². The van der Waals surface area contributed by atoms with Gasteiger partial charge in [-0.3, -0.25) is 0 Å². The SMILES string of the molecule is Cc1cc(=O)oc2cc(OC(C(=O)O)C(C)C)ccc12. The zero-order valence-electron chi connectivity index (χ0n) is 11.5. The fourth-order valence-corrected chi connectivity index (χ4v) is 2.00. The van der Waals surface area contributed by atoms with Gasteiger partial charge in [-0.05, 0) is 24.6 Å². The van der Waals surface area contributed by atoms with Crippen LogP contribution in [0.4, 0.5) is 0 Å². The summed E-state index contributed by atoms with van der Waals surface area (Å²) in [5.41, 5.74) is 0.757. The maximum Gasteiger partial charge on any atom is 0.345 e. The molecule has 0 amide bonds. The van der Waals surface area contributed by atoms with Crippen LogP contribution in [0, 0.1) is 12.8 Å². The van der Waals surface area contributed by atoms with Crippen LogP contribution >= 0.6 is 0 Å². The molecule has 1 atom stereocenters. The lowest BCUT2D eigenvalue weighted by Gasteiger charge is -2.18. The number of fused-ring (bicyclic) bond motifs is 1. The van der Waals surface area contributed by atoms with Crippen molar-refractivity contribution in [2.24, 2.45) is 5.92 Å². The van der Waals surface area contributed by atoms with Gasteiger partial charge < -0.3 is 14.3 Å². The van der Waals surface area contributed by atoms with Crippen LogP contribution in [0.3, 0.4) is 0 Å². The van der Waals surface area contributed by atoms with Crippen LogP contribution in [0.2, 0.25) is 0 Å². The first-order chi connectivity index (χ1) is 9.38. The van der Waals surface area contributed by atoms with E-state index in [1.54, 1.807) is 32.0 Å². The molecule has 0 fully saturated rings. The summed E-state index contributed by atoms with van der Waals surface area (Å²) in [4.78, 5) is 22.5. The Morgan fingerprint density at radius 3 is 2.60 bits per heavy atom. The number of carboxylic acids is 1. The summed E-state index contributed by atoms with van der Waals surface area (Å²) < 4.78 is 10.6. The third-order valence-corrected chi connectivity index (χ3v) is 3.03. The van der Waals surface area contributed by atoms with Crippen LogP contribution < -0.4 is 10.4 Å². The van der Waals surface area contributed by atoms with Crippen LogP contribution in [-0.4, -0.2) is 17.2 Å². The van der Waals surface area contributed by atoms with Gasteiger partial charge in [0, 0.05) is 23.4 Å². The van der Waals surface area contributed by atoms with E-state index < -0.39 is 17.7 Å². The molecule has 0 aliphatic carbocycles. The molecule has 0 spiro atoms. The number of aliphatic carboxylic acids is 1. The van der Waals surface area contributed by atoms with Gasteiger partial charge in [0.1, 0.15) is 11.3 Å². The van der Waals surface area contributed by atoms with Gasteiger partial charge in [0.2, 0.25) is 0 Å². The molecule has 0 saturated heterocycles. The molecule has 0 radical (unpaired) electrons. The molecule has 1 unspecified atom stereocenters. The van der Waals surface area contributed by atoms with Crippen molar-refractivity contribution in [1.29, 1.82) is 0 Å². The number of benzene rings is 1. The Kier molecular flexibility index (Phi) is 3.79. The first-order valence-corrected chi connectivity index (χ1v) is 6.32. The van der Waals surface area contributed by atoms with Crippen molar-refractivity contribution in [1.82, 2.24) is 0 Å². The second kappa shape index (κ2) is 5.36. The molecule has 2 aromatic rings. The van der Waals surface area contributed by atoms with Crippen LogP contribution in [-0.2, 0) is 4.79 Å². The molecule has 0 aliphatic rings. The number of ether oxygens (including phenoxy) is 1. The van der Waals surface area contributed by atoms with E-state index in [9.17, 15) is 9.59 Å². The van der Waals surface area contributed by atoms with Gasteiger partial charge in [-0.25, -0.2) is 9.59 Å². The molecular weight excluding hydrogens is 260 g/mol. The highest BCUT2D eigenvalue weighted by atomic mass is 16.5. The molecular formula is C15H16O5. The standard InChI is InChI=1S/C15H16O5/c1-8(2)14(15(17)18)19-10-4-5-11-9(3)6-13(16)20-12(11)7-10/h4-8,14H,1-3H3,(H,17,18). The first kappa shape index (κ1) is 14.1. The minimum absolute atomic E-state index is 0.173. The minimum atomic E-state index is -1.02. The Morgan fingerprint density at radius 2 is 2.00 bits per heavy atom. The van der Waals surface area contributed by atoms with Crippen molar-refractivity contribution in [2.75, 3.05) is 0 Å².